The van der Waals surface area contributed by atoms with Crippen molar-refractivity contribution in [2.45, 2.75) is 0 Å². The van der Waals surface area contributed by atoms with Crippen molar-refractivity contribution < 1.29 is 4.52 Å². The van der Waals surface area contributed by atoms with E-state index in [0.717, 1.165) is 27.4 Å². The maximum atomic E-state index is 5.13. The van der Waals surface area contributed by atoms with Crippen molar-refractivity contribution in [2.75, 3.05) is 0 Å². The van der Waals surface area contributed by atoms with Gasteiger partial charge >= 0.3 is 0 Å². The number of para-hydroxylation sites is 1. The third kappa shape index (κ3) is 1.18. The minimum Gasteiger partial charge on any atom is -0.353 e. The molecule has 0 bridgehead atoms. The van der Waals surface area contributed by atoms with E-state index in [0.29, 0.717) is 5.76 Å². The Morgan fingerprint density at radius 1 is 1.00 bits per heavy atom. The molecule has 0 unspecified atom stereocenters. The van der Waals surface area contributed by atoms with E-state index in [4.69, 9.17) is 4.52 Å². The van der Waals surface area contributed by atoms with Crippen LogP contribution in [0.1, 0.15) is 0 Å². The van der Waals surface area contributed by atoms with Gasteiger partial charge < -0.3 is 9.51 Å². The fourth-order valence-corrected chi connectivity index (χ4v) is 2.27. The summed E-state index contributed by atoms with van der Waals surface area (Å²) in [5.74, 6) is 0.623. The predicted molar refractivity (Wildman–Crippen MR) is 66.9 cm³/mol. The second-order valence-electron chi connectivity index (χ2n) is 4.06. The van der Waals surface area contributed by atoms with Crippen LogP contribution in [0.4, 0.5) is 0 Å². The largest absolute Gasteiger partial charge is 0.353 e. The summed E-state index contributed by atoms with van der Waals surface area (Å²) in [5.41, 5.74) is 2.95. The molecule has 0 aliphatic carbocycles. The van der Waals surface area contributed by atoms with Crippen LogP contribution in [0.5, 0.6) is 0 Å². The van der Waals surface area contributed by atoms with E-state index < -0.39 is 0 Å². The normalized spacial score (nSPS) is 11.3. The highest BCUT2D eigenvalue weighted by atomic mass is 16.5. The van der Waals surface area contributed by atoms with Crippen molar-refractivity contribution in [3.8, 4) is 11.3 Å². The Hall–Kier alpha value is -2.69. The average Bonchev–Trinajstić information content (AvgIpc) is 3.05. The molecule has 0 fully saturated rings. The van der Waals surface area contributed by atoms with Crippen LogP contribution in [0.3, 0.4) is 0 Å². The van der Waals surface area contributed by atoms with Crippen LogP contribution in [0.2, 0.25) is 0 Å². The van der Waals surface area contributed by atoms with Crippen molar-refractivity contribution in [1.82, 2.24) is 20.3 Å². The van der Waals surface area contributed by atoms with Gasteiger partial charge in [0.05, 0.1) is 23.5 Å². The first kappa shape index (κ1) is 9.35. The number of hydrogen-bond acceptors (Lipinski definition) is 4. The molecule has 0 saturated carbocycles. The second kappa shape index (κ2) is 3.40. The van der Waals surface area contributed by atoms with Gasteiger partial charge in [-0.2, -0.15) is 0 Å². The quantitative estimate of drug-likeness (QED) is 0.551. The molecule has 0 atom stereocenters. The van der Waals surface area contributed by atoms with Crippen molar-refractivity contribution in [3.63, 3.8) is 0 Å². The van der Waals surface area contributed by atoms with Crippen LogP contribution in [0.25, 0.3) is 33.1 Å². The number of H-pyrrole nitrogens is 1. The van der Waals surface area contributed by atoms with Gasteiger partial charge in [-0.15, -0.1) is 5.10 Å². The number of fused-ring (bicyclic) bond motifs is 3. The number of pyridine rings is 1. The van der Waals surface area contributed by atoms with Crippen molar-refractivity contribution in [2.24, 2.45) is 0 Å². The molecule has 0 aliphatic rings. The van der Waals surface area contributed by atoms with E-state index in [9.17, 15) is 0 Å². The SMILES string of the molecule is c1ccc2c(c1)[nH]c1cncc(-c3cnno3)c12. The lowest BCUT2D eigenvalue weighted by atomic mass is 10.1. The fourth-order valence-electron chi connectivity index (χ4n) is 2.27. The smallest absolute Gasteiger partial charge is 0.189 e. The van der Waals surface area contributed by atoms with E-state index in [1.807, 2.05) is 24.4 Å². The zero-order valence-electron chi connectivity index (χ0n) is 9.29. The Balaban J connectivity index is 2.21. The number of aromatic nitrogens is 4. The van der Waals surface area contributed by atoms with Gasteiger partial charge in [-0.1, -0.05) is 18.2 Å². The Labute approximate surface area is 101 Å². The molecule has 4 rings (SSSR count). The summed E-state index contributed by atoms with van der Waals surface area (Å²) in [7, 11) is 0. The van der Waals surface area contributed by atoms with Crippen molar-refractivity contribution in [1.29, 1.82) is 0 Å². The molecule has 5 nitrogen and oxygen atoms in total. The van der Waals surface area contributed by atoms with Gasteiger partial charge in [0.1, 0.15) is 0 Å². The summed E-state index contributed by atoms with van der Waals surface area (Å²) in [6.07, 6.45) is 5.17. The Morgan fingerprint density at radius 2 is 1.94 bits per heavy atom. The summed E-state index contributed by atoms with van der Waals surface area (Å²) in [4.78, 5) is 7.55. The fraction of sp³-hybridized carbons (Fsp3) is 0. The molecule has 1 aromatic carbocycles. The van der Waals surface area contributed by atoms with E-state index in [1.165, 1.54) is 0 Å². The Bertz CT molecular complexity index is 833. The minimum absolute atomic E-state index is 0.623. The minimum atomic E-state index is 0.623. The highest BCUT2D eigenvalue weighted by molar-refractivity contribution is 6.13. The summed E-state index contributed by atoms with van der Waals surface area (Å²) in [5, 5.41) is 9.44. The van der Waals surface area contributed by atoms with Gasteiger partial charge in [-0.25, -0.2) is 0 Å². The summed E-state index contributed by atoms with van der Waals surface area (Å²) in [6, 6.07) is 8.12. The highest BCUT2D eigenvalue weighted by Gasteiger charge is 2.13. The number of nitrogens with one attached hydrogen (secondary N) is 1. The van der Waals surface area contributed by atoms with Crippen LogP contribution < -0.4 is 0 Å². The second-order valence-corrected chi connectivity index (χ2v) is 4.06. The Kier molecular flexibility index (Phi) is 1.77. The monoisotopic (exact) mass is 236 g/mol. The number of hydrogen-bond donors (Lipinski definition) is 1. The van der Waals surface area contributed by atoms with Crippen LogP contribution in [-0.2, 0) is 0 Å². The first-order valence-electron chi connectivity index (χ1n) is 5.55. The predicted octanol–water partition coefficient (Wildman–Crippen LogP) is 2.77. The maximum Gasteiger partial charge on any atom is 0.189 e. The lowest BCUT2D eigenvalue weighted by Crippen LogP contribution is -1.79. The van der Waals surface area contributed by atoms with Crippen LogP contribution in [-0.4, -0.2) is 20.3 Å². The molecule has 0 aliphatic heterocycles. The molecule has 0 saturated heterocycles. The number of aromatic amines is 1. The molecule has 3 aromatic heterocycles. The highest BCUT2D eigenvalue weighted by Crippen LogP contribution is 2.32. The van der Waals surface area contributed by atoms with E-state index in [-0.39, 0.29) is 0 Å². The zero-order valence-corrected chi connectivity index (χ0v) is 9.29. The van der Waals surface area contributed by atoms with Gasteiger partial charge in [-0.3, -0.25) is 4.98 Å². The lowest BCUT2D eigenvalue weighted by Gasteiger charge is -1.97. The number of benzene rings is 1. The molecule has 5 heteroatoms. The molecule has 86 valence electrons. The average molecular weight is 236 g/mol. The molecule has 3 heterocycles. The number of nitrogens with zero attached hydrogens (tertiary/aromatic N) is 3. The first-order chi connectivity index (χ1) is 8.93. The summed E-state index contributed by atoms with van der Waals surface area (Å²) in [6.45, 7) is 0. The molecular weight excluding hydrogens is 228 g/mol. The van der Waals surface area contributed by atoms with Gasteiger partial charge in [0.2, 0.25) is 0 Å². The van der Waals surface area contributed by atoms with Gasteiger partial charge in [-0.05, 0) is 6.07 Å². The van der Waals surface area contributed by atoms with Gasteiger partial charge in [0.25, 0.3) is 0 Å². The summed E-state index contributed by atoms with van der Waals surface area (Å²) >= 11 is 0. The van der Waals surface area contributed by atoms with Crippen LogP contribution in [0, 0.1) is 0 Å². The zero-order chi connectivity index (χ0) is 11.9. The van der Waals surface area contributed by atoms with E-state index in [1.54, 1.807) is 12.4 Å². The third-order valence-corrected chi connectivity index (χ3v) is 3.04. The summed E-state index contributed by atoms with van der Waals surface area (Å²) < 4.78 is 5.13. The standard InChI is InChI=1S/C13H8N4O/c1-2-4-10-8(3-1)13-9(12-7-15-17-18-12)5-14-6-11(13)16-10/h1-7,16H. The van der Waals surface area contributed by atoms with Gasteiger partial charge in [0, 0.05) is 27.8 Å². The third-order valence-electron chi connectivity index (χ3n) is 3.04. The van der Waals surface area contributed by atoms with Crippen molar-refractivity contribution in [3.05, 3.63) is 42.9 Å². The molecule has 18 heavy (non-hydrogen) atoms. The van der Waals surface area contributed by atoms with E-state index >= 15 is 0 Å². The van der Waals surface area contributed by atoms with Crippen LogP contribution >= 0.6 is 0 Å². The topological polar surface area (TPSA) is 67.6 Å². The molecule has 4 aromatic rings. The number of rotatable bonds is 1. The van der Waals surface area contributed by atoms with Crippen LogP contribution in [0.15, 0.2) is 47.4 Å². The van der Waals surface area contributed by atoms with Crippen molar-refractivity contribution >= 4 is 21.8 Å². The molecule has 0 radical (unpaired) electrons. The lowest BCUT2D eigenvalue weighted by molar-refractivity contribution is 0.404. The maximum absolute atomic E-state index is 5.13. The van der Waals surface area contributed by atoms with E-state index in [2.05, 4.69) is 26.4 Å². The first-order valence-corrected chi connectivity index (χ1v) is 5.55. The molecule has 1 N–H and O–H groups in total. The molecule has 0 amide bonds. The molecule has 0 spiro atoms. The Morgan fingerprint density at radius 3 is 2.83 bits per heavy atom. The van der Waals surface area contributed by atoms with Gasteiger partial charge in [0.15, 0.2) is 5.76 Å². The molecular formula is C13H8N4O.